The molecule has 123 valence electrons. The summed E-state index contributed by atoms with van der Waals surface area (Å²) in [5, 5.41) is 1.61. The molecule has 0 N–H and O–H groups in total. The van der Waals surface area contributed by atoms with Gasteiger partial charge in [-0.2, -0.15) is 0 Å². The summed E-state index contributed by atoms with van der Waals surface area (Å²) in [5.41, 5.74) is 5.84. The van der Waals surface area contributed by atoms with E-state index in [2.05, 4.69) is 78.9 Å². The SMILES string of the molecule is [Cl-].[Cl-].[Zr+2][C]1=C(C2C=Cc3ccccc32)C=CC1=[SiH]Cc1ccccc1. The molecule has 25 heavy (non-hydrogen) atoms. The van der Waals surface area contributed by atoms with E-state index in [0.717, 1.165) is 0 Å². The van der Waals surface area contributed by atoms with Crippen molar-refractivity contribution in [2.45, 2.75) is 12.0 Å². The topological polar surface area (TPSA) is 0 Å². The molecule has 1 unspecified atom stereocenters. The van der Waals surface area contributed by atoms with E-state index in [1.54, 1.807) is 33.2 Å². The van der Waals surface area contributed by atoms with Gasteiger partial charge < -0.3 is 24.8 Å². The summed E-state index contributed by atoms with van der Waals surface area (Å²) in [5.74, 6) is 0.463. The summed E-state index contributed by atoms with van der Waals surface area (Å²) in [6.45, 7) is 0. The van der Waals surface area contributed by atoms with Gasteiger partial charge in [-0.1, -0.05) is 0 Å². The van der Waals surface area contributed by atoms with Gasteiger partial charge in [-0.3, -0.25) is 0 Å². The first-order valence-corrected chi connectivity index (χ1v) is 10.6. The first kappa shape index (κ1) is 20.5. The van der Waals surface area contributed by atoms with Gasteiger partial charge in [-0.05, 0) is 0 Å². The van der Waals surface area contributed by atoms with Gasteiger partial charge in [0.05, 0.1) is 0 Å². The fraction of sp³-hybridized carbons (Fsp3) is 0.0952. The molecular formula is C21H17Cl2SiZr. The predicted molar refractivity (Wildman–Crippen MR) is 96.7 cm³/mol. The van der Waals surface area contributed by atoms with Crippen LogP contribution in [0.4, 0.5) is 0 Å². The molecule has 1 atom stereocenters. The molecule has 0 amide bonds. The molecule has 2 aliphatic carbocycles. The van der Waals surface area contributed by atoms with Gasteiger partial charge >= 0.3 is 155 Å². The maximum absolute atomic E-state index is 2.38. The van der Waals surface area contributed by atoms with Crippen molar-refractivity contribution in [3.05, 3.63) is 98.4 Å². The molecule has 0 radical (unpaired) electrons. The average Bonchev–Trinajstić information content (AvgIpc) is 3.17. The molecule has 2 aromatic carbocycles. The van der Waals surface area contributed by atoms with Crippen LogP contribution in [0.5, 0.6) is 0 Å². The molecular weight excluding hydrogens is 442 g/mol. The first-order valence-electron chi connectivity index (χ1n) is 7.98. The zero-order chi connectivity index (χ0) is 15.6. The van der Waals surface area contributed by atoms with E-state index in [-0.39, 0.29) is 24.8 Å². The third kappa shape index (κ3) is 4.31. The first-order chi connectivity index (χ1) is 11.3. The van der Waals surface area contributed by atoms with Crippen molar-refractivity contribution >= 4 is 20.4 Å². The summed E-state index contributed by atoms with van der Waals surface area (Å²) in [6, 6.07) is 20.9. The quantitative estimate of drug-likeness (QED) is 0.466. The Kier molecular flexibility index (Phi) is 7.58. The van der Waals surface area contributed by atoms with Gasteiger partial charge in [-0.25, -0.2) is 0 Å². The zero-order valence-electron chi connectivity index (χ0n) is 13.6. The van der Waals surface area contributed by atoms with Gasteiger partial charge in [0.2, 0.25) is 0 Å². The van der Waals surface area contributed by atoms with E-state index in [4.69, 9.17) is 0 Å². The van der Waals surface area contributed by atoms with Gasteiger partial charge in [-0.15, -0.1) is 0 Å². The van der Waals surface area contributed by atoms with Gasteiger partial charge in [0.15, 0.2) is 0 Å². The Balaban J connectivity index is 0.00000113. The molecule has 2 aliphatic rings. The van der Waals surface area contributed by atoms with E-state index in [1.165, 1.54) is 28.3 Å². The predicted octanol–water partition coefficient (Wildman–Crippen LogP) is -2.02. The van der Waals surface area contributed by atoms with Crippen molar-refractivity contribution in [3.8, 4) is 0 Å². The van der Waals surface area contributed by atoms with E-state index in [1.807, 2.05) is 0 Å². The van der Waals surface area contributed by atoms with Crippen molar-refractivity contribution in [2.24, 2.45) is 0 Å². The van der Waals surface area contributed by atoms with Crippen LogP contribution in [0.25, 0.3) is 6.08 Å². The van der Waals surface area contributed by atoms with Crippen LogP contribution < -0.4 is 24.8 Å². The van der Waals surface area contributed by atoms with Crippen molar-refractivity contribution in [3.63, 3.8) is 0 Å². The van der Waals surface area contributed by atoms with E-state index in [9.17, 15) is 0 Å². The second-order valence-electron chi connectivity index (χ2n) is 5.98. The van der Waals surface area contributed by atoms with Crippen LogP contribution >= 0.6 is 0 Å². The average molecular weight is 460 g/mol. The number of allylic oxidation sites excluding steroid dienone is 5. The van der Waals surface area contributed by atoms with E-state index < -0.39 is 0 Å². The van der Waals surface area contributed by atoms with Crippen LogP contribution in [0.2, 0.25) is 0 Å². The second-order valence-corrected chi connectivity index (χ2v) is 8.65. The Hall–Kier alpha value is -0.790. The third-order valence-corrected chi connectivity index (χ3v) is 8.28. The van der Waals surface area contributed by atoms with Crippen molar-refractivity contribution in [1.82, 2.24) is 0 Å². The fourth-order valence-corrected chi connectivity index (χ4v) is 6.18. The molecule has 0 nitrogen and oxygen atoms in total. The number of fused-ring (bicyclic) bond motifs is 1. The summed E-state index contributed by atoms with van der Waals surface area (Å²) in [4.78, 5) is 0. The van der Waals surface area contributed by atoms with E-state index in [0.29, 0.717) is 15.0 Å². The molecule has 0 fully saturated rings. The van der Waals surface area contributed by atoms with Gasteiger partial charge in [0.25, 0.3) is 0 Å². The summed E-state index contributed by atoms with van der Waals surface area (Å²) < 4.78 is 1.59. The summed E-state index contributed by atoms with van der Waals surface area (Å²) >= 11 is 1.55. The third-order valence-electron chi connectivity index (χ3n) is 4.55. The van der Waals surface area contributed by atoms with Gasteiger partial charge in [0.1, 0.15) is 0 Å². The fourth-order valence-electron chi connectivity index (χ4n) is 3.30. The van der Waals surface area contributed by atoms with Crippen LogP contribution in [-0.4, -0.2) is 14.3 Å². The minimum atomic E-state index is 0. The van der Waals surface area contributed by atoms with Crippen LogP contribution in [0.15, 0.2) is 81.7 Å². The standard InChI is InChI=1S/C21H17Si.2ClH.Zr/c1-2-6-16(7-3-1)15-22-19-12-10-18(14-19)21-13-11-17-8-4-5-9-20(17)21;;;/h1-13,21-22H,15H2;2*1H;/q;;;+2/p-2. The van der Waals surface area contributed by atoms with E-state index >= 15 is 0 Å². The van der Waals surface area contributed by atoms with Crippen molar-refractivity contribution < 1.29 is 49.5 Å². The van der Waals surface area contributed by atoms with Crippen LogP contribution in [-0.2, 0) is 30.8 Å². The number of hydrogen-bond donors (Lipinski definition) is 0. The van der Waals surface area contributed by atoms with Crippen LogP contribution in [0.1, 0.15) is 22.6 Å². The molecule has 0 spiro atoms. The Labute approximate surface area is 179 Å². The number of benzene rings is 2. The number of hydrogen-bond acceptors (Lipinski definition) is 0. The Bertz CT molecular complexity index is 866. The van der Waals surface area contributed by atoms with Gasteiger partial charge in [0, 0.05) is 0 Å². The minimum absolute atomic E-state index is 0. The second kappa shape index (κ2) is 9.24. The van der Waals surface area contributed by atoms with Crippen molar-refractivity contribution in [2.75, 3.05) is 0 Å². The molecule has 0 saturated carbocycles. The molecule has 4 rings (SSSR count). The molecule has 0 aliphatic heterocycles. The van der Waals surface area contributed by atoms with Crippen LogP contribution in [0.3, 0.4) is 0 Å². The molecule has 2 aromatic rings. The molecule has 4 heteroatoms. The summed E-state index contributed by atoms with van der Waals surface area (Å²) in [7, 11) is 0.323. The Morgan fingerprint density at radius 2 is 1.56 bits per heavy atom. The molecule has 0 saturated heterocycles. The normalized spacial score (nSPS) is 19.0. The molecule has 0 heterocycles. The molecule has 0 bridgehead atoms. The maximum atomic E-state index is 2.38. The molecule has 0 aromatic heterocycles. The monoisotopic (exact) mass is 457 g/mol. The summed E-state index contributed by atoms with van der Waals surface area (Å²) in [6.07, 6.45) is 9.39. The Morgan fingerprint density at radius 3 is 2.36 bits per heavy atom. The zero-order valence-corrected chi connectivity index (χ0v) is 18.7. The number of rotatable bonds is 3. The van der Waals surface area contributed by atoms with Crippen molar-refractivity contribution in [1.29, 1.82) is 0 Å². The Morgan fingerprint density at radius 1 is 0.840 bits per heavy atom. The number of halogens is 2. The van der Waals surface area contributed by atoms with Crippen LogP contribution in [0, 0.1) is 0 Å².